The lowest BCUT2D eigenvalue weighted by molar-refractivity contribution is -0.178. The minimum atomic E-state index is -0.472. The third-order valence-corrected chi connectivity index (χ3v) is 6.24. The SMILES string of the molecule is CCC(C)(C)C(=O)OCOCC12CC3CC(CC(C3)C1=O)C2. The summed E-state index contributed by atoms with van der Waals surface area (Å²) in [7, 11) is 0. The Hall–Kier alpha value is -0.900. The van der Waals surface area contributed by atoms with E-state index in [1.54, 1.807) is 0 Å². The molecule has 4 heteroatoms. The summed E-state index contributed by atoms with van der Waals surface area (Å²) in [5, 5.41) is 0. The van der Waals surface area contributed by atoms with Gasteiger partial charge in [-0.05, 0) is 64.2 Å². The highest BCUT2D eigenvalue weighted by molar-refractivity contribution is 5.89. The first-order valence-corrected chi connectivity index (χ1v) is 8.65. The molecule has 0 aliphatic heterocycles. The van der Waals surface area contributed by atoms with Gasteiger partial charge >= 0.3 is 5.97 Å². The van der Waals surface area contributed by atoms with Gasteiger partial charge in [0.1, 0.15) is 5.78 Å². The molecule has 0 spiro atoms. The van der Waals surface area contributed by atoms with Gasteiger partial charge < -0.3 is 9.47 Å². The van der Waals surface area contributed by atoms with Crippen LogP contribution in [0.2, 0.25) is 0 Å². The summed E-state index contributed by atoms with van der Waals surface area (Å²) >= 11 is 0. The molecule has 124 valence electrons. The van der Waals surface area contributed by atoms with E-state index < -0.39 is 5.41 Å². The van der Waals surface area contributed by atoms with Gasteiger partial charge in [0.2, 0.25) is 0 Å². The smallest absolute Gasteiger partial charge is 0.313 e. The molecule has 4 aliphatic carbocycles. The van der Waals surface area contributed by atoms with E-state index in [2.05, 4.69) is 0 Å². The number of hydrogen-bond donors (Lipinski definition) is 0. The fraction of sp³-hybridized carbons (Fsp3) is 0.889. The second-order valence-electron chi connectivity index (χ2n) is 8.32. The third-order valence-electron chi connectivity index (χ3n) is 6.24. The summed E-state index contributed by atoms with van der Waals surface area (Å²) in [6.07, 6.45) is 6.18. The summed E-state index contributed by atoms with van der Waals surface area (Å²) in [5.74, 6) is 1.88. The molecule has 0 aromatic rings. The van der Waals surface area contributed by atoms with Crippen molar-refractivity contribution in [3.8, 4) is 0 Å². The number of rotatable bonds is 6. The van der Waals surface area contributed by atoms with Crippen LogP contribution in [0.3, 0.4) is 0 Å². The molecule has 0 radical (unpaired) electrons. The Morgan fingerprint density at radius 2 is 1.86 bits per heavy atom. The summed E-state index contributed by atoms with van der Waals surface area (Å²) in [6, 6.07) is 0. The largest absolute Gasteiger partial charge is 0.438 e. The van der Waals surface area contributed by atoms with E-state index >= 15 is 0 Å². The van der Waals surface area contributed by atoms with Crippen LogP contribution in [0.5, 0.6) is 0 Å². The zero-order valence-corrected chi connectivity index (χ0v) is 14.0. The quantitative estimate of drug-likeness (QED) is 0.429. The van der Waals surface area contributed by atoms with Crippen LogP contribution in [0.4, 0.5) is 0 Å². The molecule has 2 atom stereocenters. The Kier molecular flexibility index (Phi) is 4.09. The molecule has 4 bridgehead atoms. The molecule has 0 N–H and O–H groups in total. The Morgan fingerprint density at radius 3 is 2.45 bits per heavy atom. The fourth-order valence-corrected chi connectivity index (χ4v) is 4.80. The van der Waals surface area contributed by atoms with E-state index in [0.717, 1.165) is 32.1 Å². The number of ketones is 1. The highest BCUT2D eigenvalue weighted by Crippen LogP contribution is 2.58. The van der Waals surface area contributed by atoms with E-state index in [0.29, 0.717) is 24.2 Å². The highest BCUT2D eigenvalue weighted by Gasteiger charge is 2.56. The summed E-state index contributed by atoms with van der Waals surface area (Å²) in [6.45, 7) is 6.11. The maximum Gasteiger partial charge on any atom is 0.313 e. The molecule has 4 aliphatic rings. The van der Waals surface area contributed by atoms with E-state index in [9.17, 15) is 9.59 Å². The van der Waals surface area contributed by atoms with Crippen LogP contribution >= 0.6 is 0 Å². The lowest BCUT2D eigenvalue weighted by atomic mass is 9.49. The molecule has 0 amide bonds. The van der Waals surface area contributed by atoms with Gasteiger partial charge in [0.15, 0.2) is 6.79 Å². The van der Waals surface area contributed by atoms with Gasteiger partial charge in [-0.2, -0.15) is 0 Å². The molecule has 0 aromatic carbocycles. The summed E-state index contributed by atoms with van der Waals surface area (Å²) < 4.78 is 10.9. The van der Waals surface area contributed by atoms with Crippen molar-refractivity contribution >= 4 is 11.8 Å². The number of esters is 1. The normalized spacial score (nSPS) is 36.7. The van der Waals surface area contributed by atoms with Crippen LogP contribution in [-0.2, 0) is 19.1 Å². The number of ether oxygens (including phenoxy) is 2. The maximum atomic E-state index is 12.6. The van der Waals surface area contributed by atoms with Crippen molar-refractivity contribution in [2.75, 3.05) is 13.4 Å². The average molecular weight is 308 g/mol. The van der Waals surface area contributed by atoms with E-state index in [1.807, 2.05) is 20.8 Å². The topological polar surface area (TPSA) is 52.6 Å². The Labute approximate surface area is 132 Å². The molecule has 0 aromatic heterocycles. The monoisotopic (exact) mass is 308 g/mol. The number of hydrogen-bond acceptors (Lipinski definition) is 4. The van der Waals surface area contributed by atoms with Crippen molar-refractivity contribution in [1.82, 2.24) is 0 Å². The minimum absolute atomic E-state index is 0.0305. The van der Waals surface area contributed by atoms with Gasteiger partial charge in [-0.3, -0.25) is 9.59 Å². The first kappa shape index (κ1) is 16.0. The van der Waals surface area contributed by atoms with E-state index in [-0.39, 0.29) is 24.1 Å². The molecular formula is C18H28O4. The van der Waals surface area contributed by atoms with Crippen LogP contribution in [-0.4, -0.2) is 25.2 Å². The molecule has 0 heterocycles. The second kappa shape index (κ2) is 5.63. The highest BCUT2D eigenvalue weighted by atomic mass is 16.7. The van der Waals surface area contributed by atoms with Crippen molar-refractivity contribution in [3.63, 3.8) is 0 Å². The van der Waals surface area contributed by atoms with Gasteiger partial charge in [0.05, 0.1) is 17.4 Å². The fourth-order valence-electron chi connectivity index (χ4n) is 4.80. The number of carbonyl (C=O) groups excluding carboxylic acids is 2. The van der Waals surface area contributed by atoms with Gasteiger partial charge in [-0.25, -0.2) is 0 Å². The lowest BCUT2D eigenvalue weighted by Gasteiger charge is -2.55. The molecule has 0 saturated heterocycles. The van der Waals surface area contributed by atoms with E-state index in [1.165, 1.54) is 6.42 Å². The summed E-state index contributed by atoms with van der Waals surface area (Å²) in [4.78, 5) is 24.6. The Morgan fingerprint density at radius 1 is 1.23 bits per heavy atom. The molecule has 2 unspecified atom stereocenters. The van der Waals surface area contributed by atoms with Crippen LogP contribution in [0, 0.1) is 28.6 Å². The minimum Gasteiger partial charge on any atom is -0.438 e. The molecule has 4 rings (SSSR count). The molecule has 4 nitrogen and oxygen atoms in total. The maximum absolute atomic E-state index is 12.6. The predicted octanol–water partition coefficient (Wildman–Crippen LogP) is 3.34. The molecule has 22 heavy (non-hydrogen) atoms. The Balaban J connectivity index is 1.51. The second-order valence-corrected chi connectivity index (χ2v) is 8.32. The molecular weight excluding hydrogens is 280 g/mol. The summed E-state index contributed by atoms with van der Waals surface area (Å²) in [5.41, 5.74) is -0.749. The average Bonchev–Trinajstić information content (AvgIpc) is 2.48. The Bertz CT molecular complexity index is 454. The van der Waals surface area contributed by atoms with Gasteiger partial charge in [-0.15, -0.1) is 0 Å². The zero-order chi connectivity index (χ0) is 16.0. The van der Waals surface area contributed by atoms with Crippen molar-refractivity contribution in [2.24, 2.45) is 28.6 Å². The van der Waals surface area contributed by atoms with Crippen molar-refractivity contribution in [3.05, 3.63) is 0 Å². The van der Waals surface area contributed by atoms with Crippen LogP contribution < -0.4 is 0 Å². The molecule has 4 fully saturated rings. The molecule has 4 saturated carbocycles. The zero-order valence-electron chi connectivity index (χ0n) is 14.0. The van der Waals surface area contributed by atoms with Crippen LogP contribution in [0.15, 0.2) is 0 Å². The lowest BCUT2D eigenvalue weighted by Crippen LogP contribution is -2.55. The van der Waals surface area contributed by atoms with Gasteiger partial charge in [-0.1, -0.05) is 6.92 Å². The first-order valence-electron chi connectivity index (χ1n) is 8.65. The van der Waals surface area contributed by atoms with Crippen molar-refractivity contribution in [2.45, 2.75) is 59.3 Å². The predicted molar refractivity (Wildman–Crippen MR) is 82.0 cm³/mol. The first-order chi connectivity index (χ1) is 10.4. The van der Waals surface area contributed by atoms with Crippen molar-refractivity contribution < 1.29 is 19.1 Å². The van der Waals surface area contributed by atoms with Gasteiger partial charge in [0.25, 0.3) is 0 Å². The standard InChI is InChI=1S/C18H28O4/c1-4-17(2,3)16(20)22-11-21-10-18-8-12-5-13(9-18)7-14(6-12)15(18)19/h12-14H,4-11H2,1-3H3. The van der Waals surface area contributed by atoms with Gasteiger partial charge in [0, 0.05) is 5.92 Å². The van der Waals surface area contributed by atoms with Crippen LogP contribution in [0.1, 0.15) is 59.3 Å². The van der Waals surface area contributed by atoms with Crippen LogP contribution in [0.25, 0.3) is 0 Å². The van der Waals surface area contributed by atoms with E-state index in [4.69, 9.17) is 9.47 Å². The van der Waals surface area contributed by atoms with Crippen molar-refractivity contribution in [1.29, 1.82) is 0 Å². The number of carbonyl (C=O) groups is 2. The number of Topliss-reactive ketones (excluding diaryl/α,β-unsaturated/α-hetero) is 1. The third kappa shape index (κ3) is 2.70.